The van der Waals surface area contributed by atoms with Crippen molar-refractivity contribution in [3.05, 3.63) is 72.1 Å². The molecule has 0 saturated carbocycles. The Kier molecular flexibility index (Phi) is 6.31. The molecule has 10 heteroatoms. The molecule has 0 radical (unpaired) electrons. The van der Waals surface area contributed by atoms with Crippen molar-refractivity contribution in [2.45, 2.75) is 37.7 Å². The number of pyridine rings is 1. The smallest absolute Gasteiger partial charge is 0.276 e. The van der Waals surface area contributed by atoms with Crippen molar-refractivity contribution in [1.29, 1.82) is 0 Å². The highest BCUT2D eigenvalue weighted by molar-refractivity contribution is 7.90. The van der Waals surface area contributed by atoms with Gasteiger partial charge in [-0.15, -0.1) is 0 Å². The molecular formula is C26H24N4O4S2. The van der Waals surface area contributed by atoms with Crippen LogP contribution in [0.3, 0.4) is 0 Å². The van der Waals surface area contributed by atoms with E-state index in [4.69, 9.17) is 14.2 Å². The van der Waals surface area contributed by atoms with Crippen molar-refractivity contribution in [2.24, 2.45) is 0 Å². The van der Waals surface area contributed by atoms with E-state index in [2.05, 4.69) is 15.1 Å². The summed E-state index contributed by atoms with van der Waals surface area (Å²) >= 11 is 1.37. The molecule has 0 aliphatic carbocycles. The standard InChI is InChI=1S/C26H24N4O4S2/c1-15(2)23-29-24(34-30-23)19-7-5-17(6-8-19)16(3)33-26-28-22-14-13-21(27-25(22)35-26)18-9-11-20(12-10-18)36(4,31)32/h5-16H,1-4H3. The molecule has 184 valence electrons. The van der Waals surface area contributed by atoms with E-state index in [1.165, 1.54) is 17.6 Å². The summed E-state index contributed by atoms with van der Waals surface area (Å²) in [6.07, 6.45) is 0.966. The summed E-state index contributed by atoms with van der Waals surface area (Å²) in [5.74, 6) is 1.39. The van der Waals surface area contributed by atoms with Crippen molar-refractivity contribution >= 4 is 31.5 Å². The van der Waals surface area contributed by atoms with Gasteiger partial charge in [0.1, 0.15) is 16.5 Å². The molecule has 0 saturated heterocycles. The highest BCUT2D eigenvalue weighted by Crippen LogP contribution is 2.32. The first-order valence-corrected chi connectivity index (χ1v) is 14.1. The number of aromatic nitrogens is 4. The predicted molar refractivity (Wildman–Crippen MR) is 139 cm³/mol. The molecule has 0 fully saturated rings. The van der Waals surface area contributed by atoms with Gasteiger partial charge in [0.25, 0.3) is 11.1 Å². The van der Waals surface area contributed by atoms with E-state index in [0.29, 0.717) is 16.9 Å². The molecule has 2 aromatic carbocycles. The SMILES string of the molecule is CC(C)c1noc(-c2ccc(C(C)Oc3nc4ccc(-c5ccc(S(C)(=O)=O)cc5)nc4s3)cc2)n1. The molecular weight excluding hydrogens is 496 g/mol. The Labute approximate surface area is 212 Å². The van der Waals surface area contributed by atoms with Crippen LogP contribution in [0.15, 0.2) is 70.1 Å². The van der Waals surface area contributed by atoms with Crippen LogP contribution in [0.2, 0.25) is 0 Å². The second kappa shape index (κ2) is 9.44. The maximum Gasteiger partial charge on any atom is 0.276 e. The lowest BCUT2D eigenvalue weighted by atomic mass is 10.1. The molecule has 36 heavy (non-hydrogen) atoms. The zero-order chi connectivity index (χ0) is 25.4. The summed E-state index contributed by atoms with van der Waals surface area (Å²) in [5.41, 5.74) is 4.15. The zero-order valence-corrected chi connectivity index (χ0v) is 21.8. The Hall–Kier alpha value is -3.63. The van der Waals surface area contributed by atoms with E-state index >= 15 is 0 Å². The summed E-state index contributed by atoms with van der Waals surface area (Å²) in [6, 6.07) is 18.3. The Balaban J connectivity index is 1.31. The Morgan fingerprint density at radius 1 is 0.861 bits per heavy atom. The van der Waals surface area contributed by atoms with Gasteiger partial charge in [-0.05, 0) is 48.9 Å². The van der Waals surface area contributed by atoms with Crippen LogP contribution in [0.25, 0.3) is 33.1 Å². The molecule has 0 amide bonds. The molecule has 0 N–H and O–H groups in total. The van der Waals surface area contributed by atoms with Crippen LogP contribution in [-0.4, -0.2) is 34.8 Å². The number of hydrogen-bond acceptors (Lipinski definition) is 9. The number of rotatable bonds is 7. The summed E-state index contributed by atoms with van der Waals surface area (Å²) < 4.78 is 34.9. The van der Waals surface area contributed by atoms with E-state index < -0.39 is 9.84 Å². The Morgan fingerprint density at radius 2 is 1.56 bits per heavy atom. The highest BCUT2D eigenvalue weighted by Gasteiger charge is 2.15. The molecule has 5 aromatic rings. The fourth-order valence-corrected chi connectivity index (χ4v) is 5.08. The van der Waals surface area contributed by atoms with Gasteiger partial charge in [-0.25, -0.2) is 18.4 Å². The monoisotopic (exact) mass is 520 g/mol. The molecule has 0 aliphatic heterocycles. The molecule has 0 bridgehead atoms. The predicted octanol–water partition coefficient (Wildman–Crippen LogP) is 6.08. The van der Waals surface area contributed by atoms with Crippen LogP contribution in [0.1, 0.15) is 44.2 Å². The van der Waals surface area contributed by atoms with E-state index in [-0.39, 0.29) is 16.9 Å². The van der Waals surface area contributed by atoms with E-state index in [1.54, 1.807) is 24.3 Å². The van der Waals surface area contributed by atoms with Gasteiger partial charge < -0.3 is 9.26 Å². The van der Waals surface area contributed by atoms with Crippen LogP contribution in [-0.2, 0) is 9.84 Å². The molecule has 5 rings (SSSR count). The quantitative estimate of drug-likeness (QED) is 0.254. The summed E-state index contributed by atoms with van der Waals surface area (Å²) in [5, 5.41) is 4.54. The minimum absolute atomic E-state index is 0.204. The van der Waals surface area contributed by atoms with Crippen molar-refractivity contribution in [3.8, 4) is 27.9 Å². The molecule has 1 unspecified atom stereocenters. The summed E-state index contributed by atoms with van der Waals surface area (Å²) in [4.78, 5) is 14.7. The lowest BCUT2D eigenvalue weighted by molar-refractivity contribution is 0.226. The topological polar surface area (TPSA) is 108 Å². The lowest BCUT2D eigenvalue weighted by Gasteiger charge is -2.12. The van der Waals surface area contributed by atoms with Gasteiger partial charge in [0.05, 0.1) is 10.6 Å². The Morgan fingerprint density at radius 3 is 2.19 bits per heavy atom. The molecule has 0 spiro atoms. The zero-order valence-electron chi connectivity index (χ0n) is 20.2. The van der Waals surface area contributed by atoms with Crippen LogP contribution < -0.4 is 4.74 Å². The second-order valence-corrected chi connectivity index (χ2v) is 11.7. The first-order chi connectivity index (χ1) is 17.2. The number of benzene rings is 2. The average molecular weight is 521 g/mol. The van der Waals surface area contributed by atoms with Crippen molar-refractivity contribution < 1.29 is 17.7 Å². The first kappa shape index (κ1) is 24.1. The van der Waals surface area contributed by atoms with Crippen LogP contribution in [0.5, 0.6) is 5.19 Å². The summed E-state index contributed by atoms with van der Waals surface area (Å²) in [7, 11) is -3.24. The highest BCUT2D eigenvalue weighted by atomic mass is 32.2. The third kappa shape index (κ3) is 5.00. The van der Waals surface area contributed by atoms with Crippen molar-refractivity contribution in [1.82, 2.24) is 20.1 Å². The van der Waals surface area contributed by atoms with Gasteiger partial charge in [-0.2, -0.15) is 4.98 Å². The molecule has 3 aromatic heterocycles. The second-order valence-electron chi connectivity index (χ2n) is 8.79. The van der Waals surface area contributed by atoms with Crippen molar-refractivity contribution in [3.63, 3.8) is 0 Å². The lowest BCUT2D eigenvalue weighted by Crippen LogP contribution is -2.02. The van der Waals surface area contributed by atoms with Crippen LogP contribution >= 0.6 is 11.3 Å². The van der Waals surface area contributed by atoms with Gasteiger partial charge in [-0.3, -0.25) is 0 Å². The minimum Gasteiger partial charge on any atom is -0.462 e. The maximum absolute atomic E-state index is 11.7. The maximum atomic E-state index is 11.7. The molecule has 8 nitrogen and oxygen atoms in total. The van der Waals surface area contributed by atoms with Gasteiger partial charge in [0.2, 0.25) is 0 Å². The molecule has 0 aliphatic rings. The molecule has 3 heterocycles. The number of nitrogens with zero attached hydrogens (tertiary/aromatic N) is 4. The third-order valence-electron chi connectivity index (χ3n) is 5.68. The first-order valence-electron chi connectivity index (χ1n) is 11.4. The van der Waals surface area contributed by atoms with E-state index in [0.717, 1.165) is 32.7 Å². The number of thiazole rings is 1. The number of fused-ring (bicyclic) bond motifs is 1. The number of ether oxygens (including phenoxy) is 1. The van der Waals surface area contributed by atoms with Crippen LogP contribution in [0.4, 0.5) is 0 Å². The normalized spacial score (nSPS) is 12.8. The fourth-order valence-electron chi connectivity index (χ4n) is 3.58. The van der Waals surface area contributed by atoms with Gasteiger partial charge in [-0.1, -0.05) is 54.6 Å². The Bertz CT molecular complexity index is 1620. The van der Waals surface area contributed by atoms with Gasteiger partial charge in [0, 0.05) is 23.3 Å². The third-order valence-corrected chi connectivity index (χ3v) is 7.66. The summed E-state index contributed by atoms with van der Waals surface area (Å²) in [6.45, 7) is 6.01. The average Bonchev–Trinajstić information content (AvgIpc) is 3.50. The van der Waals surface area contributed by atoms with Crippen LogP contribution in [0, 0.1) is 0 Å². The van der Waals surface area contributed by atoms with Gasteiger partial charge in [0.15, 0.2) is 15.7 Å². The van der Waals surface area contributed by atoms with E-state index in [9.17, 15) is 8.42 Å². The minimum atomic E-state index is -3.24. The number of sulfone groups is 1. The van der Waals surface area contributed by atoms with Crippen molar-refractivity contribution in [2.75, 3.05) is 6.26 Å². The largest absolute Gasteiger partial charge is 0.462 e. The number of hydrogen-bond donors (Lipinski definition) is 0. The van der Waals surface area contributed by atoms with E-state index in [1.807, 2.05) is 57.2 Å². The fraction of sp³-hybridized carbons (Fsp3) is 0.231. The molecule has 1 atom stereocenters. The van der Waals surface area contributed by atoms with Gasteiger partial charge >= 0.3 is 0 Å².